The molecule has 0 N–H and O–H groups in total. The van der Waals surface area contributed by atoms with Crippen LogP contribution >= 0.6 is 11.6 Å². The maximum absolute atomic E-state index is 11.8. The SMILES string of the molecule is COC(=O)c1ccc(C=N[S+]([O-])C(C)(C)C)c(Cl)c1. The van der Waals surface area contributed by atoms with Gasteiger partial charge in [0.1, 0.15) is 16.1 Å². The highest BCUT2D eigenvalue weighted by atomic mass is 35.5. The van der Waals surface area contributed by atoms with Gasteiger partial charge in [-0.2, -0.15) is 0 Å². The lowest BCUT2D eigenvalue weighted by molar-refractivity contribution is 0.0600. The first-order valence-corrected chi connectivity index (χ1v) is 7.08. The topological polar surface area (TPSA) is 61.7 Å². The van der Waals surface area contributed by atoms with Gasteiger partial charge in [0.2, 0.25) is 0 Å². The molecule has 0 radical (unpaired) electrons. The van der Waals surface area contributed by atoms with Crippen LogP contribution in [0.2, 0.25) is 5.02 Å². The van der Waals surface area contributed by atoms with Gasteiger partial charge in [-0.25, -0.2) is 4.79 Å². The zero-order valence-electron chi connectivity index (χ0n) is 11.3. The van der Waals surface area contributed by atoms with Crippen molar-refractivity contribution in [3.63, 3.8) is 0 Å². The third-order valence-corrected chi connectivity index (χ3v) is 3.90. The van der Waals surface area contributed by atoms with Crippen LogP contribution in [0.15, 0.2) is 22.6 Å². The molecule has 1 atom stereocenters. The average Bonchev–Trinajstić information content (AvgIpc) is 2.34. The van der Waals surface area contributed by atoms with E-state index in [4.69, 9.17) is 11.6 Å². The molecule has 19 heavy (non-hydrogen) atoms. The minimum atomic E-state index is -1.34. The molecule has 104 valence electrons. The molecule has 1 unspecified atom stereocenters. The molecule has 0 saturated carbocycles. The molecule has 0 spiro atoms. The average molecular weight is 302 g/mol. The molecule has 0 aliphatic carbocycles. The Morgan fingerprint density at radius 2 is 2.11 bits per heavy atom. The lowest BCUT2D eigenvalue weighted by atomic mass is 10.1. The van der Waals surface area contributed by atoms with E-state index in [2.05, 4.69) is 9.13 Å². The number of hydrogen-bond donors (Lipinski definition) is 0. The molecule has 4 nitrogen and oxygen atoms in total. The quantitative estimate of drug-likeness (QED) is 0.490. The Balaban J connectivity index is 2.92. The first-order valence-electron chi connectivity index (χ1n) is 5.59. The summed E-state index contributed by atoms with van der Waals surface area (Å²) in [6, 6.07) is 4.71. The Morgan fingerprint density at radius 1 is 1.47 bits per heavy atom. The van der Waals surface area contributed by atoms with E-state index < -0.39 is 22.1 Å². The molecule has 1 aromatic rings. The van der Waals surface area contributed by atoms with E-state index >= 15 is 0 Å². The number of rotatable bonds is 3. The molecular weight excluding hydrogens is 286 g/mol. The van der Waals surface area contributed by atoms with Crippen LogP contribution in [0.5, 0.6) is 0 Å². The van der Waals surface area contributed by atoms with Gasteiger partial charge in [-0.3, -0.25) is 0 Å². The zero-order chi connectivity index (χ0) is 14.6. The monoisotopic (exact) mass is 301 g/mol. The summed E-state index contributed by atoms with van der Waals surface area (Å²) in [6.07, 6.45) is 1.45. The summed E-state index contributed by atoms with van der Waals surface area (Å²) in [5.74, 6) is -0.455. The van der Waals surface area contributed by atoms with Crippen LogP contribution in [0.4, 0.5) is 0 Å². The summed E-state index contributed by atoms with van der Waals surface area (Å²) in [5, 5.41) is 0.359. The normalized spacial score (nSPS) is 13.6. The number of nitrogens with zero attached hydrogens (tertiary/aromatic N) is 1. The van der Waals surface area contributed by atoms with Gasteiger partial charge in [0, 0.05) is 5.56 Å². The lowest BCUT2D eigenvalue weighted by Crippen LogP contribution is -2.25. The van der Waals surface area contributed by atoms with Gasteiger partial charge < -0.3 is 9.29 Å². The molecule has 0 aliphatic rings. The molecule has 0 heterocycles. The molecule has 0 aliphatic heterocycles. The van der Waals surface area contributed by atoms with E-state index in [1.165, 1.54) is 19.4 Å². The largest absolute Gasteiger partial charge is 0.591 e. The Hall–Kier alpha value is -1.04. The molecule has 6 heteroatoms. The number of halogens is 1. The maximum atomic E-state index is 11.8. The van der Waals surface area contributed by atoms with Crippen LogP contribution < -0.4 is 0 Å². The Labute approximate surface area is 121 Å². The number of hydrogen-bond acceptors (Lipinski definition) is 4. The van der Waals surface area contributed by atoms with E-state index in [1.54, 1.807) is 12.1 Å². The van der Waals surface area contributed by atoms with Crippen LogP contribution in [0.25, 0.3) is 0 Å². The van der Waals surface area contributed by atoms with Crippen molar-refractivity contribution >= 4 is 35.1 Å². The Morgan fingerprint density at radius 3 is 2.58 bits per heavy atom. The van der Waals surface area contributed by atoms with Crippen molar-refractivity contribution in [1.82, 2.24) is 0 Å². The molecule has 0 fully saturated rings. The summed E-state index contributed by atoms with van der Waals surface area (Å²) >= 11 is 4.69. The van der Waals surface area contributed by atoms with Gasteiger partial charge in [0.15, 0.2) is 0 Å². The van der Waals surface area contributed by atoms with Crippen LogP contribution in [-0.2, 0) is 16.1 Å². The molecule has 0 saturated heterocycles. The highest BCUT2D eigenvalue weighted by Gasteiger charge is 2.25. The molecule has 0 bridgehead atoms. The van der Waals surface area contributed by atoms with Crippen LogP contribution in [0.1, 0.15) is 36.7 Å². The summed E-state index contributed by atoms with van der Waals surface area (Å²) in [5.41, 5.74) is 0.966. The molecular formula is C13H16ClNO3S. The van der Waals surface area contributed by atoms with Gasteiger partial charge in [0.25, 0.3) is 0 Å². The summed E-state index contributed by atoms with van der Waals surface area (Å²) < 4.78 is 19.9. The third kappa shape index (κ3) is 4.53. The predicted molar refractivity (Wildman–Crippen MR) is 78.3 cm³/mol. The second kappa shape index (κ2) is 6.41. The smallest absolute Gasteiger partial charge is 0.337 e. The Bertz CT molecular complexity index is 497. The maximum Gasteiger partial charge on any atom is 0.337 e. The number of carbonyl (C=O) groups is 1. The standard InChI is InChI=1S/C13H16ClNO3S/c1-13(2,3)19(17)15-8-10-6-5-9(7-11(10)14)12(16)18-4/h5-8H,1-4H3. The van der Waals surface area contributed by atoms with Crippen molar-refractivity contribution in [1.29, 1.82) is 0 Å². The fourth-order valence-electron chi connectivity index (χ4n) is 1.14. The fourth-order valence-corrected chi connectivity index (χ4v) is 1.89. The number of ether oxygens (including phenoxy) is 1. The Kier molecular flexibility index (Phi) is 5.40. The van der Waals surface area contributed by atoms with Gasteiger partial charge >= 0.3 is 5.97 Å². The molecule has 1 rings (SSSR count). The van der Waals surface area contributed by atoms with E-state index in [0.29, 0.717) is 16.1 Å². The number of carbonyl (C=O) groups excluding carboxylic acids is 1. The minimum absolute atomic E-state index is 0.359. The summed E-state index contributed by atoms with van der Waals surface area (Å²) in [4.78, 5) is 11.3. The van der Waals surface area contributed by atoms with Crippen molar-refractivity contribution < 1.29 is 14.1 Å². The number of benzene rings is 1. The van der Waals surface area contributed by atoms with Gasteiger partial charge in [-0.1, -0.05) is 22.1 Å². The summed E-state index contributed by atoms with van der Waals surface area (Å²) in [6.45, 7) is 5.51. The highest BCUT2D eigenvalue weighted by molar-refractivity contribution is 7.91. The molecule has 0 amide bonds. The lowest BCUT2D eigenvalue weighted by Gasteiger charge is -2.17. The van der Waals surface area contributed by atoms with Crippen LogP contribution in [0.3, 0.4) is 0 Å². The van der Waals surface area contributed by atoms with E-state index in [1.807, 2.05) is 20.8 Å². The second-order valence-corrected chi connectivity index (χ2v) is 7.16. The summed E-state index contributed by atoms with van der Waals surface area (Å²) in [7, 11) is 1.30. The van der Waals surface area contributed by atoms with Gasteiger partial charge in [-0.15, -0.1) is 0 Å². The highest BCUT2D eigenvalue weighted by Crippen LogP contribution is 2.20. The second-order valence-electron chi connectivity index (χ2n) is 4.82. The van der Waals surface area contributed by atoms with Gasteiger partial charge in [-0.05, 0) is 32.9 Å². The van der Waals surface area contributed by atoms with E-state index in [0.717, 1.165) is 0 Å². The van der Waals surface area contributed by atoms with Gasteiger partial charge in [0.05, 0.1) is 23.9 Å². The van der Waals surface area contributed by atoms with Crippen LogP contribution in [0, 0.1) is 0 Å². The third-order valence-electron chi connectivity index (χ3n) is 2.23. The number of methoxy groups -OCH3 is 1. The first-order chi connectivity index (χ1) is 8.75. The molecule has 1 aromatic carbocycles. The zero-order valence-corrected chi connectivity index (χ0v) is 12.8. The van der Waals surface area contributed by atoms with E-state index in [-0.39, 0.29) is 0 Å². The van der Waals surface area contributed by atoms with Crippen molar-refractivity contribution in [3.8, 4) is 0 Å². The molecule has 0 aromatic heterocycles. The van der Waals surface area contributed by atoms with Crippen molar-refractivity contribution in [2.45, 2.75) is 25.5 Å². The van der Waals surface area contributed by atoms with Crippen LogP contribution in [-0.4, -0.2) is 28.6 Å². The fraction of sp³-hybridized carbons (Fsp3) is 0.385. The van der Waals surface area contributed by atoms with Crippen molar-refractivity contribution in [3.05, 3.63) is 34.3 Å². The minimum Gasteiger partial charge on any atom is -0.591 e. The first kappa shape index (κ1) is 16.0. The number of esters is 1. The predicted octanol–water partition coefficient (Wildman–Crippen LogP) is 3.01. The van der Waals surface area contributed by atoms with E-state index in [9.17, 15) is 9.35 Å². The van der Waals surface area contributed by atoms with Crippen molar-refractivity contribution in [2.75, 3.05) is 7.11 Å². The van der Waals surface area contributed by atoms with Crippen molar-refractivity contribution in [2.24, 2.45) is 4.40 Å².